The lowest BCUT2D eigenvalue weighted by molar-refractivity contribution is 0.297. The number of ether oxygens (including phenoxy) is 1. The van der Waals surface area contributed by atoms with Gasteiger partial charge in [-0.05, 0) is 37.1 Å². The zero-order valence-corrected chi connectivity index (χ0v) is 11.7. The quantitative estimate of drug-likeness (QED) is 0.768. The number of aromatic nitrogens is 1. The van der Waals surface area contributed by atoms with Gasteiger partial charge in [0.2, 0.25) is 0 Å². The van der Waals surface area contributed by atoms with Gasteiger partial charge in [-0.15, -0.1) is 0 Å². The highest BCUT2D eigenvalue weighted by molar-refractivity contribution is 6.32. The van der Waals surface area contributed by atoms with E-state index < -0.39 is 0 Å². The number of halogens is 2. The Labute approximate surface area is 117 Å². The van der Waals surface area contributed by atoms with Gasteiger partial charge >= 0.3 is 0 Å². The molecule has 18 heavy (non-hydrogen) atoms. The summed E-state index contributed by atoms with van der Waals surface area (Å²) in [5.74, 6) is 0.871. The lowest BCUT2D eigenvalue weighted by atomic mass is 10.1. The number of benzene rings is 1. The molecule has 0 spiro atoms. The van der Waals surface area contributed by atoms with Crippen molar-refractivity contribution in [2.24, 2.45) is 0 Å². The van der Waals surface area contributed by atoms with Crippen LogP contribution in [-0.2, 0) is 6.61 Å². The molecule has 0 unspecified atom stereocenters. The van der Waals surface area contributed by atoms with Crippen molar-refractivity contribution < 1.29 is 4.74 Å². The topological polar surface area (TPSA) is 22.1 Å². The van der Waals surface area contributed by atoms with Crippen molar-refractivity contribution in [2.45, 2.75) is 20.5 Å². The molecular formula is C14H13Cl2NO. The molecule has 2 aromatic rings. The standard InChI is InChI=1S/C14H13Cl2NO/c1-9-4-3-5-10(2)14(9)18-8-12-11(15)6-7-13(16)17-12/h3-7H,8H2,1-2H3. The number of nitrogens with zero attached hydrogens (tertiary/aromatic N) is 1. The van der Waals surface area contributed by atoms with E-state index in [1.54, 1.807) is 12.1 Å². The summed E-state index contributed by atoms with van der Waals surface area (Å²) in [5, 5.41) is 0.977. The molecule has 0 aliphatic carbocycles. The summed E-state index contributed by atoms with van der Waals surface area (Å²) in [6.07, 6.45) is 0. The fourth-order valence-corrected chi connectivity index (χ4v) is 2.05. The molecule has 4 heteroatoms. The minimum absolute atomic E-state index is 0.311. The largest absolute Gasteiger partial charge is 0.487 e. The molecule has 2 nitrogen and oxygen atoms in total. The Morgan fingerprint density at radius 1 is 1.06 bits per heavy atom. The third-order valence-electron chi connectivity index (χ3n) is 2.65. The van der Waals surface area contributed by atoms with Crippen molar-refractivity contribution >= 4 is 23.2 Å². The third kappa shape index (κ3) is 2.95. The van der Waals surface area contributed by atoms with Crippen LogP contribution < -0.4 is 4.74 Å². The van der Waals surface area contributed by atoms with Crippen molar-refractivity contribution in [3.05, 3.63) is 57.3 Å². The lowest BCUT2D eigenvalue weighted by Gasteiger charge is -2.12. The van der Waals surface area contributed by atoms with Gasteiger partial charge in [0.25, 0.3) is 0 Å². The Balaban J connectivity index is 2.19. The summed E-state index contributed by atoms with van der Waals surface area (Å²) >= 11 is 11.9. The van der Waals surface area contributed by atoms with Gasteiger partial charge in [0.1, 0.15) is 17.5 Å². The Morgan fingerprint density at radius 2 is 1.72 bits per heavy atom. The molecule has 0 fully saturated rings. The van der Waals surface area contributed by atoms with Gasteiger partial charge < -0.3 is 4.74 Å². The monoisotopic (exact) mass is 281 g/mol. The molecule has 94 valence electrons. The van der Waals surface area contributed by atoms with Crippen LogP contribution in [0.15, 0.2) is 30.3 Å². The molecule has 1 heterocycles. The van der Waals surface area contributed by atoms with E-state index in [-0.39, 0.29) is 0 Å². The Bertz CT molecular complexity index is 549. The fraction of sp³-hybridized carbons (Fsp3) is 0.214. The number of hydrogen-bond acceptors (Lipinski definition) is 2. The second-order valence-electron chi connectivity index (χ2n) is 4.07. The van der Waals surface area contributed by atoms with E-state index in [9.17, 15) is 0 Å². The van der Waals surface area contributed by atoms with Gasteiger partial charge in [-0.25, -0.2) is 4.98 Å². The Hall–Kier alpha value is -1.25. The number of pyridine rings is 1. The van der Waals surface area contributed by atoms with E-state index >= 15 is 0 Å². The average molecular weight is 282 g/mol. The van der Waals surface area contributed by atoms with Crippen LogP contribution in [0.5, 0.6) is 5.75 Å². The number of rotatable bonds is 3. The van der Waals surface area contributed by atoms with Crippen LogP contribution in [0.1, 0.15) is 16.8 Å². The van der Waals surface area contributed by atoms with Gasteiger partial charge in [-0.2, -0.15) is 0 Å². The van der Waals surface area contributed by atoms with Crippen molar-refractivity contribution in [1.82, 2.24) is 4.98 Å². The van der Waals surface area contributed by atoms with Crippen LogP contribution in [0.25, 0.3) is 0 Å². The maximum Gasteiger partial charge on any atom is 0.132 e. The predicted molar refractivity (Wildman–Crippen MR) is 74.5 cm³/mol. The Morgan fingerprint density at radius 3 is 2.39 bits per heavy atom. The highest BCUT2D eigenvalue weighted by Crippen LogP contribution is 2.25. The van der Waals surface area contributed by atoms with Crippen LogP contribution in [-0.4, -0.2) is 4.98 Å². The molecule has 1 aromatic heterocycles. The van der Waals surface area contributed by atoms with Crippen LogP contribution in [0.3, 0.4) is 0 Å². The minimum atomic E-state index is 0.311. The molecule has 0 atom stereocenters. The summed E-state index contributed by atoms with van der Waals surface area (Å²) < 4.78 is 5.78. The first-order valence-corrected chi connectivity index (χ1v) is 6.33. The summed E-state index contributed by atoms with van der Waals surface area (Å²) in [5.41, 5.74) is 2.83. The Kier molecular flexibility index (Phi) is 4.10. The molecule has 0 aliphatic heterocycles. The first kappa shape index (κ1) is 13.2. The molecule has 0 bridgehead atoms. The summed E-state index contributed by atoms with van der Waals surface area (Å²) in [6, 6.07) is 9.40. The van der Waals surface area contributed by atoms with E-state index in [1.165, 1.54) is 0 Å². The predicted octanol–water partition coefficient (Wildman–Crippen LogP) is 4.58. The molecule has 0 aliphatic rings. The maximum atomic E-state index is 6.04. The smallest absolute Gasteiger partial charge is 0.132 e. The number of para-hydroxylation sites is 1. The molecule has 1 aromatic carbocycles. The SMILES string of the molecule is Cc1cccc(C)c1OCc1nc(Cl)ccc1Cl. The van der Waals surface area contributed by atoms with Gasteiger partial charge in [0.15, 0.2) is 0 Å². The molecule has 0 saturated heterocycles. The molecule has 0 saturated carbocycles. The average Bonchev–Trinajstić information content (AvgIpc) is 2.33. The van der Waals surface area contributed by atoms with E-state index in [0.29, 0.717) is 22.5 Å². The minimum Gasteiger partial charge on any atom is -0.487 e. The van der Waals surface area contributed by atoms with Crippen LogP contribution in [0.2, 0.25) is 10.2 Å². The first-order chi connectivity index (χ1) is 8.58. The molecular weight excluding hydrogens is 269 g/mol. The molecule has 0 amide bonds. The summed E-state index contributed by atoms with van der Waals surface area (Å²) in [6.45, 7) is 4.33. The normalized spacial score (nSPS) is 10.4. The van der Waals surface area contributed by atoms with E-state index in [1.807, 2.05) is 32.0 Å². The lowest BCUT2D eigenvalue weighted by Crippen LogP contribution is -2.01. The van der Waals surface area contributed by atoms with E-state index in [2.05, 4.69) is 4.98 Å². The first-order valence-electron chi connectivity index (χ1n) is 5.58. The van der Waals surface area contributed by atoms with Crippen LogP contribution >= 0.6 is 23.2 Å². The molecule has 2 rings (SSSR count). The molecule has 0 radical (unpaired) electrons. The maximum absolute atomic E-state index is 6.04. The third-order valence-corrected chi connectivity index (χ3v) is 3.20. The van der Waals surface area contributed by atoms with E-state index in [0.717, 1.165) is 16.9 Å². The van der Waals surface area contributed by atoms with Crippen LogP contribution in [0, 0.1) is 13.8 Å². The highest BCUT2D eigenvalue weighted by Gasteiger charge is 2.07. The number of aryl methyl sites for hydroxylation is 2. The van der Waals surface area contributed by atoms with Gasteiger partial charge in [0, 0.05) is 0 Å². The second-order valence-corrected chi connectivity index (χ2v) is 4.87. The van der Waals surface area contributed by atoms with Gasteiger partial charge in [-0.3, -0.25) is 0 Å². The van der Waals surface area contributed by atoms with Gasteiger partial charge in [0.05, 0.1) is 10.7 Å². The second kappa shape index (κ2) is 5.59. The van der Waals surface area contributed by atoms with Crippen molar-refractivity contribution in [1.29, 1.82) is 0 Å². The zero-order valence-electron chi connectivity index (χ0n) is 10.2. The van der Waals surface area contributed by atoms with Crippen molar-refractivity contribution in [3.63, 3.8) is 0 Å². The van der Waals surface area contributed by atoms with Crippen LogP contribution in [0.4, 0.5) is 0 Å². The van der Waals surface area contributed by atoms with E-state index in [4.69, 9.17) is 27.9 Å². The van der Waals surface area contributed by atoms with Crippen molar-refractivity contribution in [2.75, 3.05) is 0 Å². The zero-order chi connectivity index (χ0) is 13.1. The number of hydrogen-bond donors (Lipinski definition) is 0. The highest BCUT2D eigenvalue weighted by atomic mass is 35.5. The molecule has 0 N–H and O–H groups in total. The fourth-order valence-electron chi connectivity index (χ4n) is 1.73. The summed E-state index contributed by atoms with van der Waals surface area (Å²) in [4.78, 5) is 4.16. The van der Waals surface area contributed by atoms with Gasteiger partial charge in [-0.1, -0.05) is 41.4 Å². The summed E-state index contributed by atoms with van der Waals surface area (Å²) in [7, 11) is 0. The van der Waals surface area contributed by atoms with Crippen molar-refractivity contribution in [3.8, 4) is 5.75 Å².